The van der Waals surface area contributed by atoms with E-state index >= 15 is 0 Å². The highest BCUT2D eigenvalue weighted by atomic mass is 16.5. The molecular formula is C27H39NO2. The molecule has 0 aliphatic heterocycles. The molecular weight excluding hydrogens is 370 g/mol. The molecule has 1 aliphatic rings. The maximum Gasteiger partial charge on any atom is 0.120 e. The maximum atomic E-state index is 6.53. The van der Waals surface area contributed by atoms with E-state index < -0.39 is 0 Å². The number of hydrogen-bond acceptors (Lipinski definition) is 3. The van der Waals surface area contributed by atoms with Crippen molar-refractivity contribution >= 4 is 0 Å². The topological polar surface area (TPSA) is 44.5 Å². The van der Waals surface area contributed by atoms with Gasteiger partial charge in [-0.2, -0.15) is 0 Å². The summed E-state index contributed by atoms with van der Waals surface area (Å²) < 4.78 is 12.5. The van der Waals surface area contributed by atoms with E-state index in [2.05, 4.69) is 79.7 Å². The Morgan fingerprint density at radius 2 is 1.20 bits per heavy atom. The van der Waals surface area contributed by atoms with Crippen molar-refractivity contribution < 1.29 is 9.47 Å². The zero-order valence-electron chi connectivity index (χ0n) is 20.0. The Kier molecular flexibility index (Phi) is 5.75. The molecule has 0 spiro atoms. The minimum absolute atomic E-state index is 0.0399. The van der Waals surface area contributed by atoms with E-state index in [-0.39, 0.29) is 22.7 Å². The van der Waals surface area contributed by atoms with Crippen LogP contribution in [0.25, 0.3) is 0 Å². The van der Waals surface area contributed by atoms with Gasteiger partial charge in [0.15, 0.2) is 0 Å². The van der Waals surface area contributed by atoms with Crippen LogP contribution >= 0.6 is 0 Å². The molecule has 0 bridgehead atoms. The summed E-state index contributed by atoms with van der Waals surface area (Å²) in [5, 5.41) is 0. The van der Waals surface area contributed by atoms with Crippen LogP contribution in [0.5, 0.6) is 11.5 Å². The Balaban J connectivity index is 1.64. The molecule has 3 nitrogen and oxygen atoms in total. The van der Waals surface area contributed by atoms with E-state index in [9.17, 15) is 0 Å². The second kappa shape index (κ2) is 7.60. The molecule has 0 heterocycles. The first-order chi connectivity index (χ1) is 13.7. The minimum atomic E-state index is -0.265. The van der Waals surface area contributed by atoms with Crippen molar-refractivity contribution in [1.82, 2.24) is 0 Å². The third-order valence-corrected chi connectivity index (χ3v) is 6.73. The van der Waals surface area contributed by atoms with Crippen LogP contribution in [0.15, 0.2) is 48.5 Å². The normalized spacial score (nSPS) is 19.0. The first kappa shape index (κ1) is 22.7. The van der Waals surface area contributed by atoms with Crippen LogP contribution < -0.4 is 15.2 Å². The van der Waals surface area contributed by atoms with Gasteiger partial charge in [-0.15, -0.1) is 0 Å². The van der Waals surface area contributed by atoms with Gasteiger partial charge in [-0.3, -0.25) is 0 Å². The molecule has 0 saturated heterocycles. The van der Waals surface area contributed by atoms with Crippen LogP contribution in [0.1, 0.15) is 85.4 Å². The highest BCUT2D eigenvalue weighted by Crippen LogP contribution is 2.49. The van der Waals surface area contributed by atoms with Crippen molar-refractivity contribution in [2.24, 2.45) is 16.6 Å². The molecule has 2 aromatic rings. The van der Waals surface area contributed by atoms with E-state index in [1.165, 1.54) is 0 Å². The van der Waals surface area contributed by atoms with Crippen molar-refractivity contribution in [3.63, 3.8) is 0 Å². The lowest BCUT2D eigenvalue weighted by Crippen LogP contribution is -2.50. The number of rotatable bonds is 6. The summed E-state index contributed by atoms with van der Waals surface area (Å²) in [5.41, 5.74) is 8.78. The summed E-state index contributed by atoms with van der Waals surface area (Å²) in [6.07, 6.45) is 2.17. The number of ether oxygens (including phenoxy) is 2. The quantitative estimate of drug-likeness (QED) is 0.564. The molecule has 2 aromatic carbocycles. The first-order valence-corrected chi connectivity index (χ1v) is 11.0. The predicted octanol–water partition coefficient (Wildman–Crippen LogP) is 6.90. The Morgan fingerprint density at radius 1 is 0.767 bits per heavy atom. The standard InChI is InChI=1S/C27H39NO2/c1-24(2,3)26(6,7)29-21-13-9-19(10-14-21)23(28)20-11-15-22(16-12-20)30-27(8)17-25(4,5)18-27/h9-16,23H,17-18,28H2,1-8H3. The maximum absolute atomic E-state index is 6.53. The summed E-state index contributed by atoms with van der Waals surface area (Å²) in [5.74, 6) is 1.78. The van der Waals surface area contributed by atoms with Crippen molar-refractivity contribution in [3.8, 4) is 11.5 Å². The smallest absolute Gasteiger partial charge is 0.120 e. The summed E-state index contributed by atoms with van der Waals surface area (Å²) in [6.45, 7) is 17.6. The van der Waals surface area contributed by atoms with Crippen LogP contribution in [-0.2, 0) is 0 Å². The van der Waals surface area contributed by atoms with Crippen molar-refractivity contribution in [1.29, 1.82) is 0 Å². The van der Waals surface area contributed by atoms with Gasteiger partial charge < -0.3 is 15.2 Å². The van der Waals surface area contributed by atoms with Crippen molar-refractivity contribution in [3.05, 3.63) is 59.7 Å². The average molecular weight is 410 g/mol. The molecule has 164 valence electrons. The van der Waals surface area contributed by atoms with Crippen molar-refractivity contribution in [2.45, 2.75) is 85.5 Å². The zero-order valence-corrected chi connectivity index (χ0v) is 20.0. The van der Waals surface area contributed by atoms with Gasteiger partial charge in [0, 0.05) is 5.41 Å². The lowest BCUT2D eigenvalue weighted by Gasteiger charge is -2.50. The first-order valence-electron chi connectivity index (χ1n) is 11.0. The predicted molar refractivity (Wildman–Crippen MR) is 125 cm³/mol. The third kappa shape index (κ3) is 5.00. The number of hydrogen-bond donors (Lipinski definition) is 1. The average Bonchev–Trinajstić information content (AvgIpc) is 2.59. The highest BCUT2D eigenvalue weighted by molar-refractivity contribution is 5.38. The van der Waals surface area contributed by atoms with Gasteiger partial charge in [-0.25, -0.2) is 0 Å². The molecule has 3 heteroatoms. The summed E-state index contributed by atoms with van der Waals surface area (Å²) in [6, 6.07) is 16.2. The monoisotopic (exact) mass is 409 g/mol. The Hall–Kier alpha value is -2.00. The lowest BCUT2D eigenvalue weighted by molar-refractivity contribution is -0.0769. The Bertz CT molecular complexity index is 849. The minimum Gasteiger partial charge on any atom is -0.488 e. The molecule has 1 aliphatic carbocycles. The largest absolute Gasteiger partial charge is 0.488 e. The van der Waals surface area contributed by atoms with E-state index in [1.807, 2.05) is 24.3 Å². The van der Waals surface area contributed by atoms with E-state index in [1.54, 1.807) is 0 Å². The van der Waals surface area contributed by atoms with E-state index in [0.717, 1.165) is 35.5 Å². The summed E-state index contributed by atoms with van der Waals surface area (Å²) >= 11 is 0. The fourth-order valence-corrected chi connectivity index (χ4v) is 4.46. The molecule has 30 heavy (non-hydrogen) atoms. The number of nitrogens with two attached hydrogens (primary N) is 1. The Labute approximate surface area is 183 Å². The highest BCUT2D eigenvalue weighted by Gasteiger charge is 2.47. The van der Waals surface area contributed by atoms with Gasteiger partial charge >= 0.3 is 0 Å². The molecule has 2 N–H and O–H groups in total. The van der Waals surface area contributed by atoms with Crippen LogP contribution in [0.3, 0.4) is 0 Å². The molecule has 0 aromatic heterocycles. The second-order valence-electron chi connectivity index (χ2n) is 11.5. The third-order valence-electron chi connectivity index (χ3n) is 6.73. The van der Waals surface area contributed by atoms with E-state index in [4.69, 9.17) is 15.2 Å². The SMILES string of the molecule is CC1(C)CC(C)(Oc2ccc(C(N)c3ccc(OC(C)(C)C(C)(C)C)cc3)cc2)C1. The van der Waals surface area contributed by atoms with Crippen molar-refractivity contribution in [2.75, 3.05) is 0 Å². The fourth-order valence-electron chi connectivity index (χ4n) is 4.46. The summed E-state index contributed by atoms with van der Waals surface area (Å²) in [7, 11) is 0. The molecule has 1 unspecified atom stereocenters. The van der Waals surface area contributed by atoms with Gasteiger partial charge in [0.2, 0.25) is 0 Å². The lowest BCUT2D eigenvalue weighted by atomic mass is 9.62. The fraction of sp³-hybridized carbons (Fsp3) is 0.556. The summed E-state index contributed by atoms with van der Waals surface area (Å²) in [4.78, 5) is 0. The van der Waals surface area contributed by atoms with Crippen LogP contribution in [0.4, 0.5) is 0 Å². The van der Waals surface area contributed by atoms with Gasteiger partial charge in [0.05, 0.1) is 6.04 Å². The van der Waals surface area contributed by atoms with Gasteiger partial charge in [-0.05, 0) is 74.4 Å². The second-order valence-corrected chi connectivity index (χ2v) is 11.5. The van der Waals surface area contributed by atoms with Gasteiger partial charge in [0.1, 0.15) is 22.7 Å². The Morgan fingerprint density at radius 3 is 1.60 bits per heavy atom. The molecule has 0 radical (unpaired) electrons. The molecule has 1 fully saturated rings. The molecule has 0 amide bonds. The van der Waals surface area contributed by atoms with Crippen LogP contribution in [0.2, 0.25) is 0 Å². The zero-order chi connectivity index (χ0) is 22.4. The van der Waals surface area contributed by atoms with Crippen LogP contribution in [-0.4, -0.2) is 11.2 Å². The van der Waals surface area contributed by atoms with E-state index in [0.29, 0.717) is 5.41 Å². The van der Waals surface area contributed by atoms with Gasteiger partial charge in [-0.1, -0.05) is 58.9 Å². The molecule has 3 rings (SSSR count). The molecule has 1 atom stereocenters. The van der Waals surface area contributed by atoms with Crippen LogP contribution in [0, 0.1) is 10.8 Å². The molecule has 1 saturated carbocycles. The number of benzene rings is 2. The van der Waals surface area contributed by atoms with Gasteiger partial charge in [0.25, 0.3) is 0 Å².